The first kappa shape index (κ1) is 18.0. The topological polar surface area (TPSA) is 52.3 Å². The van der Waals surface area contributed by atoms with Crippen LogP contribution in [0.3, 0.4) is 0 Å². The molecule has 2 aromatic rings. The Bertz CT molecular complexity index is 699. The molecule has 6 heteroatoms. The van der Waals surface area contributed by atoms with E-state index in [-0.39, 0.29) is 18.6 Å². The van der Waals surface area contributed by atoms with Crippen molar-refractivity contribution in [3.05, 3.63) is 59.7 Å². The Kier molecular flexibility index (Phi) is 5.62. The monoisotopic (exact) mass is 337 g/mol. The lowest BCUT2D eigenvalue weighted by Gasteiger charge is -2.16. The molecule has 0 unspecified atom stereocenters. The molecule has 0 radical (unpaired) electrons. The molecule has 24 heavy (non-hydrogen) atoms. The van der Waals surface area contributed by atoms with Gasteiger partial charge in [0.25, 0.3) is 0 Å². The van der Waals surface area contributed by atoms with Crippen molar-refractivity contribution in [1.82, 2.24) is 0 Å². The van der Waals surface area contributed by atoms with Gasteiger partial charge in [-0.2, -0.15) is 13.2 Å². The number of ether oxygens (including phenoxy) is 1. The number of hydrogen-bond acceptors (Lipinski definition) is 3. The molecule has 0 aromatic heterocycles. The molecule has 0 saturated carbocycles. The largest absolute Gasteiger partial charge is 0.466 e. The molecule has 0 spiro atoms. The summed E-state index contributed by atoms with van der Waals surface area (Å²) in [4.78, 5) is 11.5. The maximum Gasteiger partial charge on any atom is 0.416 e. The molecular weight excluding hydrogens is 319 g/mol. The number of carbonyl (C=O) groups is 1. The van der Waals surface area contributed by atoms with E-state index in [9.17, 15) is 18.0 Å². The number of rotatable bonds is 5. The molecule has 0 fully saturated rings. The molecule has 0 aliphatic heterocycles. The standard InChI is InChI=1S/C18H18F3NO2/c1-2-24-17(23)11-16(22)14-8-13(12-6-4-3-5-7-12)9-15(10-14)18(19,20)21/h3-10,16H,2,11,22H2,1H3/t16-/m0/s1. The van der Waals surface area contributed by atoms with E-state index in [1.54, 1.807) is 43.3 Å². The minimum Gasteiger partial charge on any atom is -0.466 e. The van der Waals surface area contributed by atoms with Crippen LogP contribution in [0.25, 0.3) is 11.1 Å². The number of halogens is 3. The van der Waals surface area contributed by atoms with Crippen molar-refractivity contribution in [2.24, 2.45) is 5.73 Å². The molecule has 1 atom stereocenters. The summed E-state index contributed by atoms with van der Waals surface area (Å²) in [7, 11) is 0. The summed E-state index contributed by atoms with van der Waals surface area (Å²) in [6.07, 6.45) is -4.67. The Morgan fingerprint density at radius 1 is 1.12 bits per heavy atom. The molecule has 2 aromatic carbocycles. The molecule has 2 rings (SSSR count). The molecule has 2 N–H and O–H groups in total. The second-order valence-electron chi connectivity index (χ2n) is 5.32. The van der Waals surface area contributed by atoms with Crippen LogP contribution in [0, 0.1) is 0 Å². The zero-order chi connectivity index (χ0) is 17.7. The fraction of sp³-hybridized carbons (Fsp3) is 0.278. The number of alkyl halides is 3. The number of hydrogen-bond donors (Lipinski definition) is 1. The van der Waals surface area contributed by atoms with Crippen LogP contribution in [-0.2, 0) is 15.7 Å². The molecule has 0 bridgehead atoms. The fourth-order valence-corrected chi connectivity index (χ4v) is 2.34. The molecule has 0 aliphatic carbocycles. The third kappa shape index (κ3) is 4.58. The Hall–Kier alpha value is -2.34. The van der Waals surface area contributed by atoms with Crippen LogP contribution >= 0.6 is 0 Å². The maximum absolute atomic E-state index is 13.2. The van der Waals surface area contributed by atoms with Crippen LogP contribution in [0.1, 0.15) is 30.5 Å². The van der Waals surface area contributed by atoms with Crippen LogP contribution < -0.4 is 5.73 Å². The first-order valence-corrected chi connectivity index (χ1v) is 7.50. The molecule has 0 amide bonds. The minimum absolute atomic E-state index is 0.177. The van der Waals surface area contributed by atoms with E-state index in [0.29, 0.717) is 11.1 Å². The van der Waals surface area contributed by atoms with Crippen molar-refractivity contribution in [1.29, 1.82) is 0 Å². The number of esters is 1. The number of benzene rings is 2. The molecule has 0 saturated heterocycles. The SMILES string of the molecule is CCOC(=O)C[C@H](N)c1cc(-c2ccccc2)cc(C(F)(F)F)c1. The molecule has 0 aliphatic rings. The molecule has 128 valence electrons. The Morgan fingerprint density at radius 2 is 1.79 bits per heavy atom. The van der Waals surface area contributed by atoms with Gasteiger partial charge in [-0.05, 0) is 41.8 Å². The van der Waals surface area contributed by atoms with Crippen LogP contribution in [0.4, 0.5) is 13.2 Å². The van der Waals surface area contributed by atoms with E-state index in [1.807, 2.05) is 0 Å². The highest BCUT2D eigenvalue weighted by Crippen LogP contribution is 2.35. The van der Waals surface area contributed by atoms with Gasteiger partial charge in [0.1, 0.15) is 0 Å². The van der Waals surface area contributed by atoms with Gasteiger partial charge in [-0.1, -0.05) is 30.3 Å². The van der Waals surface area contributed by atoms with Gasteiger partial charge in [0.15, 0.2) is 0 Å². The first-order chi connectivity index (χ1) is 11.3. The lowest BCUT2D eigenvalue weighted by molar-refractivity contribution is -0.143. The average Bonchev–Trinajstić information content (AvgIpc) is 2.54. The zero-order valence-electron chi connectivity index (χ0n) is 13.1. The quantitative estimate of drug-likeness (QED) is 0.827. The van der Waals surface area contributed by atoms with E-state index in [1.165, 1.54) is 0 Å². The van der Waals surface area contributed by atoms with Gasteiger partial charge in [0, 0.05) is 6.04 Å². The minimum atomic E-state index is -4.50. The van der Waals surface area contributed by atoms with Crippen LogP contribution in [-0.4, -0.2) is 12.6 Å². The summed E-state index contributed by atoms with van der Waals surface area (Å²) < 4.78 is 44.3. The van der Waals surface area contributed by atoms with Crippen LogP contribution in [0.15, 0.2) is 48.5 Å². The van der Waals surface area contributed by atoms with Crippen molar-refractivity contribution < 1.29 is 22.7 Å². The Labute approximate surface area is 138 Å². The smallest absolute Gasteiger partial charge is 0.416 e. The van der Waals surface area contributed by atoms with Crippen molar-refractivity contribution in [3.8, 4) is 11.1 Å². The molecule has 0 heterocycles. The summed E-state index contributed by atoms with van der Waals surface area (Å²) in [5.74, 6) is -0.538. The predicted octanol–water partition coefficient (Wildman–Crippen LogP) is 4.33. The van der Waals surface area contributed by atoms with Crippen molar-refractivity contribution in [3.63, 3.8) is 0 Å². The highest BCUT2D eigenvalue weighted by molar-refractivity contribution is 5.71. The second kappa shape index (κ2) is 7.49. The Morgan fingerprint density at radius 3 is 2.38 bits per heavy atom. The molecular formula is C18H18F3NO2. The van der Waals surface area contributed by atoms with Gasteiger partial charge < -0.3 is 10.5 Å². The summed E-state index contributed by atoms with van der Waals surface area (Å²) in [5, 5.41) is 0. The van der Waals surface area contributed by atoms with E-state index >= 15 is 0 Å². The lowest BCUT2D eigenvalue weighted by atomic mass is 9.95. The van der Waals surface area contributed by atoms with Crippen molar-refractivity contribution >= 4 is 5.97 Å². The lowest BCUT2D eigenvalue weighted by Crippen LogP contribution is -2.18. The van der Waals surface area contributed by atoms with Gasteiger partial charge in [0.05, 0.1) is 18.6 Å². The van der Waals surface area contributed by atoms with Gasteiger partial charge >= 0.3 is 12.1 Å². The second-order valence-corrected chi connectivity index (χ2v) is 5.32. The predicted molar refractivity (Wildman–Crippen MR) is 85.1 cm³/mol. The van der Waals surface area contributed by atoms with E-state index in [4.69, 9.17) is 10.5 Å². The fourth-order valence-electron chi connectivity index (χ4n) is 2.34. The highest BCUT2D eigenvalue weighted by Gasteiger charge is 2.32. The van der Waals surface area contributed by atoms with Crippen LogP contribution in [0.5, 0.6) is 0 Å². The highest BCUT2D eigenvalue weighted by atomic mass is 19.4. The van der Waals surface area contributed by atoms with Gasteiger partial charge in [-0.25, -0.2) is 0 Å². The number of nitrogens with two attached hydrogens (primary N) is 1. The van der Waals surface area contributed by atoms with E-state index in [0.717, 1.165) is 12.1 Å². The first-order valence-electron chi connectivity index (χ1n) is 7.50. The summed E-state index contributed by atoms with van der Waals surface area (Å²) in [5.41, 5.74) is 6.42. The van der Waals surface area contributed by atoms with Gasteiger partial charge in [0.2, 0.25) is 0 Å². The van der Waals surface area contributed by atoms with Crippen LogP contribution in [0.2, 0.25) is 0 Å². The normalized spacial score (nSPS) is 12.7. The summed E-state index contributed by atoms with van der Waals surface area (Å²) in [6.45, 7) is 1.85. The van der Waals surface area contributed by atoms with E-state index < -0.39 is 23.8 Å². The van der Waals surface area contributed by atoms with Crippen molar-refractivity contribution in [2.45, 2.75) is 25.6 Å². The summed E-state index contributed by atoms with van der Waals surface area (Å²) in [6, 6.07) is 11.5. The van der Waals surface area contributed by atoms with Gasteiger partial charge in [-0.3, -0.25) is 4.79 Å². The third-order valence-corrected chi connectivity index (χ3v) is 3.51. The zero-order valence-corrected chi connectivity index (χ0v) is 13.1. The maximum atomic E-state index is 13.2. The van der Waals surface area contributed by atoms with Crippen molar-refractivity contribution in [2.75, 3.05) is 6.61 Å². The third-order valence-electron chi connectivity index (χ3n) is 3.51. The van der Waals surface area contributed by atoms with Gasteiger partial charge in [-0.15, -0.1) is 0 Å². The molecule has 3 nitrogen and oxygen atoms in total. The average molecular weight is 337 g/mol. The summed E-state index contributed by atoms with van der Waals surface area (Å²) >= 11 is 0. The van der Waals surface area contributed by atoms with E-state index in [2.05, 4.69) is 0 Å². The Balaban J connectivity index is 2.42. The number of carbonyl (C=O) groups excluding carboxylic acids is 1.